The number of carbonyl (C=O) groups is 2. The van der Waals surface area contributed by atoms with Crippen LogP contribution in [0.4, 0.5) is 10.1 Å². The Hall–Kier alpha value is -2.02. The van der Waals surface area contributed by atoms with Crippen molar-refractivity contribution >= 4 is 34.9 Å². The zero-order valence-electron chi connectivity index (χ0n) is 10.9. The fraction of sp³-hybridized carbons (Fsp3) is 0.308. The molecule has 7 heteroatoms. The smallest absolute Gasteiger partial charge is 0.306 e. The number of nitrogens with one attached hydrogen (secondary N) is 2. The molecule has 0 aliphatic rings. The molecule has 0 atom stereocenters. The second-order valence-electron chi connectivity index (χ2n) is 3.79. The van der Waals surface area contributed by atoms with Crippen LogP contribution in [0.5, 0.6) is 0 Å². The van der Waals surface area contributed by atoms with Gasteiger partial charge in [-0.25, -0.2) is 4.39 Å². The van der Waals surface area contributed by atoms with Crippen LogP contribution < -0.4 is 10.6 Å². The summed E-state index contributed by atoms with van der Waals surface area (Å²) in [6, 6.07) is 5.94. The molecule has 0 fully saturated rings. The molecule has 0 aromatic heterocycles. The molecule has 0 aliphatic heterocycles. The Bertz CT molecular complexity index is 508. The highest BCUT2D eigenvalue weighted by Crippen LogP contribution is 2.11. The maximum absolute atomic E-state index is 13.3. The molecule has 1 rings (SSSR count). The topological polar surface area (TPSA) is 67.4 Å². The van der Waals surface area contributed by atoms with Crippen molar-refractivity contribution in [2.24, 2.45) is 0 Å². The molecule has 0 spiro atoms. The van der Waals surface area contributed by atoms with Gasteiger partial charge in [-0.05, 0) is 31.3 Å². The molecule has 0 saturated heterocycles. The Morgan fingerprint density at radius 2 is 2.00 bits per heavy atom. The lowest BCUT2D eigenvalue weighted by Gasteiger charge is -2.09. The van der Waals surface area contributed by atoms with Crippen LogP contribution in [0.2, 0.25) is 0 Å². The van der Waals surface area contributed by atoms with Gasteiger partial charge in [0.1, 0.15) is 5.82 Å². The summed E-state index contributed by atoms with van der Waals surface area (Å²) in [6.45, 7) is 1.96. The first-order valence-electron chi connectivity index (χ1n) is 6.04. The second kappa shape index (κ2) is 8.21. The van der Waals surface area contributed by atoms with Crippen molar-refractivity contribution in [3.05, 3.63) is 30.1 Å². The van der Waals surface area contributed by atoms with Gasteiger partial charge in [-0.1, -0.05) is 12.1 Å². The maximum Gasteiger partial charge on any atom is 0.306 e. The van der Waals surface area contributed by atoms with Crippen molar-refractivity contribution in [3.63, 3.8) is 0 Å². The van der Waals surface area contributed by atoms with Crippen molar-refractivity contribution in [2.75, 3.05) is 11.9 Å². The minimum atomic E-state index is -0.476. The summed E-state index contributed by atoms with van der Waals surface area (Å²) < 4.78 is 18.0. The normalized spacial score (nSPS) is 9.70. The van der Waals surface area contributed by atoms with E-state index in [1.807, 2.05) is 0 Å². The number of rotatable bonds is 5. The van der Waals surface area contributed by atoms with Crippen LogP contribution >= 0.6 is 12.2 Å². The van der Waals surface area contributed by atoms with Crippen LogP contribution in [0, 0.1) is 5.82 Å². The molecule has 1 amide bonds. The van der Waals surface area contributed by atoms with Gasteiger partial charge in [0.2, 0.25) is 5.91 Å². The third kappa shape index (κ3) is 5.75. The highest BCUT2D eigenvalue weighted by atomic mass is 32.1. The van der Waals surface area contributed by atoms with E-state index in [4.69, 9.17) is 17.0 Å². The summed E-state index contributed by atoms with van der Waals surface area (Å²) >= 11 is 4.88. The molecule has 108 valence electrons. The average molecular weight is 298 g/mol. The quantitative estimate of drug-likeness (QED) is 0.643. The van der Waals surface area contributed by atoms with E-state index >= 15 is 0 Å². The standard InChI is InChI=1S/C13H15FN2O3S/c1-2-19-12(18)8-7-11(17)16-13(20)15-10-6-4-3-5-9(10)14/h3-6H,2,7-8H2,1H3,(H2,15,16,17,20). The van der Waals surface area contributed by atoms with E-state index in [-0.39, 0.29) is 30.2 Å². The molecule has 0 saturated carbocycles. The number of hydrogen-bond acceptors (Lipinski definition) is 4. The van der Waals surface area contributed by atoms with E-state index in [1.165, 1.54) is 12.1 Å². The fourth-order valence-corrected chi connectivity index (χ4v) is 1.58. The summed E-state index contributed by atoms with van der Waals surface area (Å²) in [5.41, 5.74) is 0.170. The summed E-state index contributed by atoms with van der Waals surface area (Å²) in [6.07, 6.45) is -0.0695. The summed E-state index contributed by atoms with van der Waals surface area (Å²) in [5, 5.41) is 4.90. The zero-order valence-corrected chi connectivity index (χ0v) is 11.8. The second-order valence-corrected chi connectivity index (χ2v) is 4.20. The number of esters is 1. The van der Waals surface area contributed by atoms with E-state index in [0.717, 1.165) is 0 Å². The minimum Gasteiger partial charge on any atom is -0.466 e. The molecule has 1 aromatic carbocycles. The Kier molecular flexibility index (Phi) is 6.58. The van der Waals surface area contributed by atoms with Crippen LogP contribution in [-0.2, 0) is 14.3 Å². The Morgan fingerprint density at radius 1 is 1.30 bits per heavy atom. The van der Waals surface area contributed by atoms with E-state index in [1.54, 1.807) is 19.1 Å². The fourth-order valence-electron chi connectivity index (χ4n) is 1.35. The van der Waals surface area contributed by atoms with Gasteiger partial charge >= 0.3 is 5.97 Å². The number of halogens is 1. The largest absolute Gasteiger partial charge is 0.466 e. The van der Waals surface area contributed by atoms with Gasteiger partial charge in [0.25, 0.3) is 0 Å². The molecule has 0 radical (unpaired) electrons. The third-order valence-corrected chi connectivity index (χ3v) is 2.44. The van der Waals surface area contributed by atoms with E-state index < -0.39 is 17.7 Å². The Labute approximate surface area is 121 Å². The molecule has 0 bridgehead atoms. The molecular formula is C13H15FN2O3S. The summed E-state index contributed by atoms with van der Waals surface area (Å²) in [5.74, 6) is -1.36. The SMILES string of the molecule is CCOC(=O)CCC(=O)NC(=S)Nc1ccccc1F. The molecule has 0 heterocycles. The van der Waals surface area contributed by atoms with Gasteiger partial charge in [0, 0.05) is 6.42 Å². The molecule has 1 aromatic rings. The van der Waals surface area contributed by atoms with Crippen molar-refractivity contribution in [1.29, 1.82) is 0 Å². The lowest BCUT2D eigenvalue weighted by Crippen LogP contribution is -2.34. The highest BCUT2D eigenvalue weighted by Gasteiger charge is 2.10. The monoisotopic (exact) mass is 298 g/mol. The van der Waals surface area contributed by atoms with Gasteiger partial charge < -0.3 is 15.4 Å². The van der Waals surface area contributed by atoms with Crippen molar-refractivity contribution in [1.82, 2.24) is 5.32 Å². The van der Waals surface area contributed by atoms with E-state index in [0.29, 0.717) is 0 Å². The lowest BCUT2D eigenvalue weighted by atomic mass is 10.3. The molecule has 0 aliphatic carbocycles. The molecule has 0 unspecified atom stereocenters. The number of hydrogen-bond donors (Lipinski definition) is 2. The van der Waals surface area contributed by atoms with Crippen LogP contribution in [0.25, 0.3) is 0 Å². The van der Waals surface area contributed by atoms with Gasteiger partial charge in [-0.2, -0.15) is 0 Å². The van der Waals surface area contributed by atoms with Gasteiger partial charge in [0.15, 0.2) is 5.11 Å². The molecule has 5 nitrogen and oxygen atoms in total. The molecule has 20 heavy (non-hydrogen) atoms. The van der Waals surface area contributed by atoms with Crippen LogP contribution in [0.1, 0.15) is 19.8 Å². The number of benzene rings is 1. The van der Waals surface area contributed by atoms with Crippen LogP contribution in [0.15, 0.2) is 24.3 Å². The highest BCUT2D eigenvalue weighted by molar-refractivity contribution is 7.80. The summed E-state index contributed by atoms with van der Waals surface area (Å²) in [7, 11) is 0. The maximum atomic E-state index is 13.3. The van der Waals surface area contributed by atoms with Gasteiger partial charge in [-0.15, -0.1) is 0 Å². The number of para-hydroxylation sites is 1. The van der Waals surface area contributed by atoms with Crippen molar-refractivity contribution in [2.45, 2.75) is 19.8 Å². The van der Waals surface area contributed by atoms with Crippen LogP contribution in [-0.4, -0.2) is 23.6 Å². The predicted molar refractivity (Wildman–Crippen MR) is 76.6 cm³/mol. The number of anilines is 1. The van der Waals surface area contributed by atoms with E-state index in [2.05, 4.69) is 10.6 Å². The predicted octanol–water partition coefficient (Wildman–Crippen LogP) is 1.98. The number of amides is 1. The number of thiocarbonyl (C=S) groups is 1. The molecular weight excluding hydrogens is 283 g/mol. The number of carbonyl (C=O) groups excluding carboxylic acids is 2. The molecule has 2 N–H and O–H groups in total. The minimum absolute atomic E-state index is 0.0241. The first kappa shape index (κ1) is 16.0. The van der Waals surface area contributed by atoms with Gasteiger partial charge in [-0.3, -0.25) is 9.59 Å². The average Bonchev–Trinajstić information content (AvgIpc) is 2.39. The summed E-state index contributed by atoms with van der Waals surface area (Å²) in [4.78, 5) is 22.6. The zero-order chi connectivity index (χ0) is 15.0. The Balaban J connectivity index is 2.37. The number of ether oxygens (including phenoxy) is 1. The third-order valence-electron chi connectivity index (χ3n) is 2.24. The van der Waals surface area contributed by atoms with Gasteiger partial charge in [0.05, 0.1) is 18.7 Å². The van der Waals surface area contributed by atoms with E-state index in [9.17, 15) is 14.0 Å². The van der Waals surface area contributed by atoms with Crippen molar-refractivity contribution in [3.8, 4) is 0 Å². The first-order chi connectivity index (χ1) is 9.52. The lowest BCUT2D eigenvalue weighted by molar-refractivity contribution is -0.144. The Morgan fingerprint density at radius 3 is 2.65 bits per heavy atom. The van der Waals surface area contributed by atoms with Crippen LogP contribution in [0.3, 0.4) is 0 Å². The van der Waals surface area contributed by atoms with Crippen molar-refractivity contribution < 1.29 is 18.7 Å². The first-order valence-corrected chi connectivity index (χ1v) is 6.44.